The molecule has 0 aliphatic carbocycles. The zero-order valence-electron chi connectivity index (χ0n) is 13.2. The Hall–Kier alpha value is -1.10. The smallest absolute Gasteiger partial charge is 0.319 e. The molecule has 0 saturated heterocycles. The molecule has 0 heterocycles. The molecule has 0 N–H and O–H groups in total. The predicted octanol–water partition coefficient (Wildman–Crippen LogP) is 2.39. The minimum atomic E-state index is -0.322. The molecule has 0 aromatic carbocycles. The van der Waals surface area contributed by atoms with Crippen LogP contribution in [-0.2, 0) is 19.1 Å². The van der Waals surface area contributed by atoms with Gasteiger partial charge in [-0.15, -0.1) is 0 Å². The summed E-state index contributed by atoms with van der Waals surface area (Å²) in [6.07, 6.45) is 8.45. The highest BCUT2D eigenvalue weighted by atomic mass is 16.5. The van der Waals surface area contributed by atoms with Gasteiger partial charge in [0.05, 0.1) is 27.3 Å². The fourth-order valence-electron chi connectivity index (χ4n) is 2.00. The summed E-state index contributed by atoms with van der Waals surface area (Å²) in [6.45, 7) is 3.21. The van der Waals surface area contributed by atoms with Crippen molar-refractivity contribution in [2.75, 3.05) is 33.9 Å². The molecule has 20 heavy (non-hydrogen) atoms. The Morgan fingerprint density at radius 2 is 1.25 bits per heavy atom. The standard InChI is InChI=1S/C15H29NO4/c1-4-5-6-7-8-9-10-11-16(12-14(17)19-2)13-15(18)20-3/h4-13H2,1-3H3. The second-order valence-corrected chi connectivity index (χ2v) is 4.98. The van der Waals surface area contributed by atoms with E-state index in [0.29, 0.717) is 0 Å². The first-order valence-electron chi connectivity index (χ1n) is 7.50. The van der Waals surface area contributed by atoms with E-state index < -0.39 is 0 Å². The van der Waals surface area contributed by atoms with Gasteiger partial charge >= 0.3 is 11.9 Å². The summed E-state index contributed by atoms with van der Waals surface area (Å²) in [7, 11) is 2.71. The number of ether oxygens (including phenoxy) is 2. The zero-order chi connectivity index (χ0) is 15.2. The van der Waals surface area contributed by atoms with E-state index >= 15 is 0 Å². The van der Waals surface area contributed by atoms with Crippen molar-refractivity contribution in [1.29, 1.82) is 0 Å². The van der Waals surface area contributed by atoms with Crippen LogP contribution in [0, 0.1) is 0 Å². The molecule has 0 aliphatic heterocycles. The summed E-state index contributed by atoms with van der Waals surface area (Å²) in [4.78, 5) is 24.3. The van der Waals surface area contributed by atoms with E-state index in [2.05, 4.69) is 16.4 Å². The summed E-state index contributed by atoms with van der Waals surface area (Å²) in [6, 6.07) is 0. The van der Waals surface area contributed by atoms with Gasteiger partial charge in [0, 0.05) is 0 Å². The number of carbonyl (C=O) groups is 2. The van der Waals surface area contributed by atoms with Gasteiger partial charge in [0.25, 0.3) is 0 Å². The van der Waals surface area contributed by atoms with Crippen LogP contribution < -0.4 is 0 Å². The van der Waals surface area contributed by atoms with Crippen LogP contribution in [0.1, 0.15) is 51.9 Å². The lowest BCUT2D eigenvalue weighted by atomic mass is 10.1. The quantitative estimate of drug-likeness (QED) is 0.407. The van der Waals surface area contributed by atoms with E-state index in [4.69, 9.17) is 0 Å². The van der Waals surface area contributed by atoms with E-state index in [-0.39, 0.29) is 25.0 Å². The number of carbonyl (C=O) groups excluding carboxylic acids is 2. The van der Waals surface area contributed by atoms with Crippen molar-refractivity contribution in [3.8, 4) is 0 Å². The number of nitrogens with zero attached hydrogens (tertiary/aromatic N) is 1. The highest BCUT2D eigenvalue weighted by Gasteiger charge is 2.14. The maximum Gasteiger partial charge on any atom is 0.319 e. The van der Waals surface area contributed by atoms with E-state index in [0.717, 1.165) is 19.4 Å². The van der Waals surface area contributed by atoms with Crippen molar-refractivity contribution >= 4 is 11.9 Å². The van der Waals surface area contributed by atoms with Gasteiger partial charge in [0.2, 0.25) is 0 Å². The molecule has 0 aromatic rings. The first-order chi connectivity index (χ1) is 9.63. The Bertz CT molecular complexity index is 251. The van der Waals surface area contributed by atoms with Crippen LogP contribution in [0.5, 0.6) is 0 Å². The van der Waals surface area contributed by atoms with E-state index in [1.165, 1.54) is 46.3 Å². The largest absolute Gasteiger partial charge is 0.468 e. The summed E-state index contributed by atoms with van der Waals surface area (Å²) in [5.41, 5.74) is 0. The zero-order valence-corrected chi connectivity index (χ0v) is 13.2. The molecule has 0 spiro atoms. The van der Waals surface area contributed by atoms with Crippen LogP contribution in [0.15, 0.2) is 0 Å². The minimum Gasteiger partial charge on any atom is -0.468 e. The van der Waals surface area contributed by atoms with Crippen molar-refractivity contribution in [3.05, 3.63) is 0 Å². The van der Waals surface area contributed by atoms with Crippen LogP contribution in [0.25, 0.3) is 0 Å². The minimum absolute atomic E-state index is 0.140. The lowest BCUT2D eigenvalue weighted by Gasteiger charge is -2.19. The number of hydrogen-bond donors (Lipinski definition) is 0. The molecule has 118 valence electrons. The number of rotatable bonds is 12. The average Bonchev–Trinajstić information content (AvgIpc) is 2.45. The van der Waals surface area contributed by atoms with Crippen LogP contribution in [0.2, 0.25) is 0 Å². The van der Waals surface area contributed by atoms with E-state index in [1.807, 2.05) is 0 Å². The van der Waals surface area contributed by atoms with Gasteiger partial charge in [-0.2, -0.15) is 0 Å². The molecule has 5 nitrogen and oxygen atoms in total. The number of unbranched alkanes of at least 4 members (excludes halogenated alkanes) is 6. The molecule has 0 radical (unpaired) electrons. The molecular formula is C15H29NO4. The number of esters is 2. The third-order valence-corrected chi connectivity index (χ3v) is 3.24. The fourth-order valence-corrected chi connectivity index (χ4v) is 2.00. The molecule has 0 aromatic heterocycles. The third kappa shape index (κ3) is 10.8. The summed E-state index contributed by atoms with van der Waals surface area (Å²) >= 11 is 0. The molecule has 0 aliphatic rings. The Kier molecular flexibility index (Phi) is 12.2. The monoisotopic (exact) mass is 287 g/mol. The van der Waals surface area contributed by atoms with E-state index in [9.17, 15) is 9.59 Å². The molecular weight excluding hydrogens is 258 g/mol. The topological polar surface area (TPSA) is 55.8 Å². The SMILES string of the molecule is CCCCCCCCCN(CC(=O)OC)CC(=O)OC. The lowest BCUT2D eigenvalue weighted by molar-refractivity contribution is -0.145. The number of methoxy groups -OCH3 is 2. The molecule has 0 amide bonds. The van der Waals surface area contributed by atoms with Crippen molar-refractivity contribution in [2.45, 2.75) is 51.9 Å². The van der Waals surface area contributed by atoms with E-state index in [1.54, 1.807) is 4.90 Å². The van der Waals surface area contributed by atoms with Crippen LogP contribution in [-0.4, -0.2) is 50.7 Å². The maximum atomic E-state index is 11.3. The van der Waals surface area contributed by atoms with Gasteiger partial charge in [-0.1, -0.05) is 45.4 Å². The first-order valence-corrected chi connectivity index (χ1v) is 7.50. The molecule has 0 atom stereocenters. The van der Waals surface area contributed by atoms with Gasteiger partial charge in [0.15, 0.2) is 0 Å². The molecule has 0 saturated carbocycles. The average molecular weight is 287 g/mol. The van der Waals surface area contributed by atoms with Gasteiger partial charge in [0.1, 0.15) is 0 Å². The lowest BCUT2D eigenvalue weighted by Crippen LogP contribution is -2.36. The third-order valence-electron chi connectivity index (χ3n) is 3.24. The van der Waals surface area contributed by atoms with Crippen LogP contribution in [0.4, 0.5) is 0 Å². The Morgan fingerprint density at radius 1 is 0.800 bits per heavy atom. The van der Waals surface area contributed by atoms with Crippen molar-refractivity contribution in [2.24, 2.45) is 0 Å². The fraction of sp³-hybridized carbons (Fsp3) is 0.867. The molecule has 5 heteroatoms. The molecule has 0 rings (SSSR count). The molecule has 0 unspecified atom stereocenters. The molecule has 0 fully saturated rings. The Labute approximate surface area is 122 Å². The first kappa shape index (κ1) is 18.9. The molecule has 0 bridgehead atoms. The highest BCUT2D eigenvalue weighted by Crippen LogP contribution is 2.07. The van der Waals surface area contributed by atoms with Crippen molar-refractivity contribution in [3.63, 3.8) is 0 Å². The van der Waals surface area contributed by atoms with Crippen LogP contribution in [0.3, 0.4) is 0 Å². The summed E-state index contributed by atoms with van der Waals surface area (Å²) < 4.78 is 9.27. The van der Waals surface area contributed by atoms with Gasteiger partial charge < -0.3 is 9.47 Å². The second kappa shape index (κ2) is 12.9. The normalized spacial score (nSPS) is 10.6. The Balaban J connectivity index is 3.85. The maximum absolute atomic E-state index is 11.3. The van der Waals surface area contributed by atoms with Crippen molar-refractivity contribution < 1.29 is 19.1 Å². The van der Waals surface area contributed by atoms with Crippen LogP contribution >= 0.6 is 0 Å². The number of hydrogen-bond acceptors (Lipinski definition) is 5. The Morgan fingerprint density at radius 3 is 1.70 bits per heavy atom. The second-order valence-electron chi connectivity index (χ2n) is 4.98. The van der Waals surface area contributed by atoms with Crippen molar-refractivity contribution in [1.82, 2.24) is 4.90 Å². The van der Waals surface area contributed by atoms with Gasteiger partial charge in [-0.3, -0.25) is 14.5 Å². The summed E-state index contributed by atoms with van der Waals surface area (Å²) in [5, 5.41) is 0. The van der Waals surface area contributed by atoms with Gasteiger partial charge in [-0.25, -0.2) is 0 Å². The highest BCUT2D eigenvalue weighted by molar-refractivity contribution is 5.74. The summed E-state index contributed by atoms with van der Waals surface area (Å²) in [5.74, 6) is -0.645. The predicted molar refractivity (Wildman–Crippen MR) is 78.5 cm³/mol. The van der Waals surface area contributed by atoms with Gasteiger partial charge in [-0.05, 0) is 13.0 Å².